The molecule has 7 nitrogen and oxygen atoms in total. The number of unbranched alkanes of at least 4 members (excludes halogenated alkanes) is 1. The van der Waals surface area contributed by atoms with Gasteiger partial charge in [-0.2, -0.15) is 0 Å². The van der Waals surface area contributed by atoms with Gasteiger partial charge in [0.1, 0.15) is 0 Å². The Kier molecular flexibility index (Phi) is 8.84. The molecular weight excluding hydrogens is 554 g/mol. The van der Waals surface area contributed by atoms with Crippen LogP contribution in [0.15, 0.2) is 108 Å². The third kappa shape index (κ3) is 6.34. The number of carbonyl (C=O) groups is 2. The van der Waals surface area contributed by atoms with Crippen LogP contribution in [0.25, 0.3) is 27.8 Å². The average Bonchev–Trinajstić information content (AvgIpc) is 3.48. The lowest BCUT2D eigenvalue weighted by Gasteiger charge is -2.40. The van der Waals surface area contributed by atoms with E-state index in [1.54, 1.807) is 11.8 Å². The molecule has 0 N–H and O–H groups in total. The standard InChI is InChI=1S/C35H35N5O2S/c1-26-25-38(22-23-39(26)34(42)31-20-12-16-27-13-8-9-19-30(27)31)32(41)21-10-11-24-43-35-37-36-33(28-14-4-2-5-15-28)40(35)29-17-6-3-7-18-29/h2-9,12-20,26H,10-11,21-25H2,1H3. The van der Waals surface area contributed by atoms with Gasteiger partial charge in [0, 0.05) is 54.7 Å². The largest absolute Gasteiger partial charge is 0.339 e. The second-order valence-corrected chi connectivity index (χ2v) is 11.9. The van der Waals surface area contributed by atoms with Crippen LogP contribution < -0.4 is 0 Å². The molecule has 0 aliphatic carbocycles. The van der Waals surface area contributed by atoms with Gasteiger partial charge in [-0.3, -0.25) is 14.2 Å². The molecule has 5 aromatic rings. The normalized spacial score (nSPS) is 15.1. The summed E-state index contributed by atoms with van der Waals surface area (Å²) in [4.78, 5) is 30.4. The molecule has 8 heteroatoms. The topological polar surface area (TPSA) is 71.3 Å². The highest BCUT2D eigenvalue weighted by Crippen LogP contribution is 2.29. The monoisotopic (exact) mass is 589 g/mol. The Morgan fingerprint density at radius 2 is 1.53 bits per heavy atom. The lowest BCUT2D eigenvalue weighted by atomic mass is 10.0. The molecule has 0 radical (unpaired) electrons. The second kappa shape index (κ2) is 13.3. The van der Waals surface area contributed by atoms with E-state index in [4.69, 9.17) is 0 Å². The van der Waals surface area contributed by atoms with Crippen molar-refractivity contribution in [1.29, 1.82) is 0 Å². The minimum Gasteiger partial charge on any atom is -0.339 e. The Labute approximate surface area is 256 Å². The Hall–Kier alpha value is -4.43. The summed E-state index contributed by atoms with van der Waals surface area (Å²) in [5.74, 6) is 1.85. The van der Waals surface area contributed by atoms with Crippen molar-refractivity contribution >= 4 is 34.3 Å². The fraction of sp³-hybridized carbons (Fsp3) is 0.257. The Balaban J connectivity index is 1.01. The molecule has 1 fully saturated rings. The molecule has 1 unspecified atom stereocenters. The Morgan fingerprint density at radius 1 is 0.814 bits per heavy atom. The molecule has 1 saturated heterocycles. The van der Waals surface area contributed by atoms with E-state index in [9.17, 15) is 9.59 Å². The number of hydrogen-bond acceptors (Lipinski definition) is 5. The molecule has 1 aliphatic rings. The lowest BCUT2D eigenvalue weighted by Crippen LogP contribution is -2.55. The van der Waals surface area contributed by atoms with E-state index < -0.39 is 0 Å². The Bertz CT molecular complexity index is 1700. The number of benzene rings is 4. The fourth-order valence-corrected chi connectivity index (χ4v) is 6.65. The number of nitrogens with zero attached hydrogens (tertiary/aromatic N) is 5. The van der Waals surface area contributed by atoms with Crippen molar-refractivity contribution in [1.82, 2.24) is 24.6 Å². The third-order valence-electron chi connectivity index (χ3n) is 7.96. The molecular formula is C35H35N5O2S. The summed E-state index contributed by atoms with van der Waals surface area (Å²) in [6.07, 6.45) is 2.21. The highest BCUT2D eigenvalue weighted by molar-refractivity contribution is 7.99. The summed E-state index contributed by atoms with van der Waals surface area (Å²) >= 11 is 1.67. The van der Waals surface area contributed by atoms with E-state index in [1.807, 2.05) is 108 Å². The molecule has 6 rings (SSSR count). The van der Waals surface area contributed by atoms with Gasteiger partial charge in [-0.05, 0) is 48.7 Å². The van der Waals surface area contributed by atoms with Crippen LogP contribution in [-0.4, -0.2) is 67.8 Å². The molecule has 0 bridgehead atoms. The first-order valence-corrected chi connectivity index (χ1v) is 15.8. The van der Waals surface area contributed by atoms with Crippen LogP contribution in [0.3, 0.4) is 0 Å². The number of amides is 2. The Morgan fingerprint density at radius 3 is 2.33 bits per heavy atom. The molecule has 1 aromatic heterocycles. The van der Waals surface area contributed by atoms with Gasteiger partial charge in [-0.15, -0.1) is 10.2 Å². The molecule has 1 aliphatic heterocycles. The summed E-state index contributed by atoms with van der Waals surface area (Å²) in [6, 6.07) is 34.1. The predicted octanol–water partition coefficient (Wildman–Crippen LogP) is 6.72. The maximum absolute atomic E-state index is 13.5. The third-order valence-corrected chi connectivity index (χ3v) is 8.97. The van der Waals surface area contributed by atoms with Gasteiger partial charge in [0.15, 0.2) is 11.0 Å². The number of carbonyl (C=O) groups excluding carboxylic acids is 2. The zero-order chi connectivity index (χ0) is 29.6. The fourth-order valence-electron chi connectivity index (χ4n) is 5.70. The molecule has 1 atom stereocenters. The van der Waals surface area contributed by atoms with E-state index in [0.717, 1.165) is 57.2 Å². The zero-order valence-electron chi connectivity index (χ0n) is 24.3. The lowest BCUT2D eigenvalue weighted by molar-refractivity contribution is -0.133. The van der Waals surface area contributed by atoms with Crippen LogP contribution in [0.2, 0.25) is 0 Å². The summed E-state index contributed by atoms with van der Waals surface area (Å²) in [6.45, 7) is 3.71. The van der Waals surface area contributed by atoms with Crippen molar-refractivity contribution in [3.8, 4) is 17.1 Å². The van der Waals surface area contributed by atoms with Crippen molar-refractivity contribution in [2.75, 3.05) is 25.4 Å². The van der Waals surface area contributed by atoms with E-state index in [0.29, 0.717) is 26.1 Å². The molecule has 2 amide bonds. The zero-order valence-corrected chi connectivity index (χ0v) is 25.1. The highest BCUT2D eigenvalue weighted by atomic mass is 32.2. The summed E-state index contributed by atoms with van der Waals surface area (Å²) in [5, 5.41) is 11.9. The van der Waals surface area contributed by atoms with Crippen LogP contribution in [0.5, 0.6) is 0 Å². The van der Waals surface area contributed by atoms with Crippen molar-refractivity contribution in [2.45, 2.75) is 37.4 Å². The number of aromatic nitrogens is 3. The molecule has 2 heterocycles. The minimum atomic E-state index is -0.0390. The van der Waals surface area contributed by atoms with Crippen molar-refractivity contribution in [3.63, 3.8) is 0 Å². The van der Waals surface area contributed by atoms with Crippen LogP contribution in [-0.2, 0) is 4.79 Å². The van der Waals surface area contributed by atoms with Crippen molar-refractivity contribution < 1.29 is 9.59 Å². The van der Waals surface area contributed by atoms with Gasteiger partial charge < -0.3 is 9.80 Å². The summed E-state index contributed by atoms with van der Waals surface area (Å²) in [7, 11) is 0. The maximum atomic E-state index is 13.5. The second-order valence-electron chi connectivity index (χ2n) is 10.9. The van der Waals surface area contributed by atoms with Crippen LogP contribution >= 0.6 is 11.8 Å². The van der Waals surface area contributed by atoms with Crippen LogP contribution in [0.4, 0.5) is 0 Å². The number of para-hydroxylation sites is 1. The molecule has 4 aromatic carbocycles. The van der Waals surface area contributed by atoms with E-state index in [2.05, 4.69) is 26.9 Å². The summed E-state index contributed by atoms with van der Waals surface area (Å²) < 4.78 is 2.10. The number of hydrogen-bond donors (Lipinski definition) is 0. The number of rotatable bonds is 9. The SMILES string of the molecule is CC1CN(C(=O)CCCCSc2nnc(-c3ccccc3)n2-c2ccccc2)CCN1C(=O)c1cccc2ccccc12. The smallest absolute Gasteiger partial charge is 0.254 e. The van der Waals surface area contributed by atoms with Crippen LogP contribution in [0.1, 0.15) is 36.5 Å². The first-order valence-electron chi connectivity index (χ1n) is 14.9. The first-order chi connectivity index (χ1) is 21.1. The first kappa shape index (κ1) is 28.7. The molecule has 218 valence electrons. The quantitative estimate of drug-likeness (QED) is 0.141. The maximum Gasteiger partial charge on any atom is 0.254 e. The van der Waals surface area contributed by atoms with E-state index in [1.165, 1.54) is 0 Å². The van der Waals surface area contributed by atoms with Gasteiger partial charge in [0.2, 0.25) is 5.91 Å². The van der Waals surface area contributed by atoms with Gasteiger partial charge in [0.25, 0.3) is 5.91 Å². The van der Waals surface area contributed by atoms with Gasteiger partial charge in [0.05, 0.1) is 0 Å². The highest BCUT2D eigenvalue weighted by Gasteiger charge is 2.30. The van der Waals surface area contributed by atoms with Gasteiger partial charge in [-0.25, -0.2) is 0 Å². The molecule has 0 spiro atoms. The number of fused-ring (bicyclic) bond motifs is 1. The van der Waals surface area contributed by atoms with Gasteiger partial charge >= 0.3 is 0 Å². The number of thioether (sulfide) groups is 1. The minimum absolute atomic E-state index is 0.0344. The van der Waals surface area contributed by atoms with Crippen molar-refractivity contribution in [3.05, 3.63) is 109 Å². The predicted molar refractivity (Wildman–Crippen MR) is 172 cm³/mol. The average molecular weight is 590 g/mol. The number of piperazine rings is 1. The van der Waals surface area contributed by atoms with Crippen molar-refractivity contribution in [2.24, 2.45) is 0 Å². The molecule has 43 heavy (non-hydrogen) atoms. The van der Waals surface area contributed by atoms with Gasteiger partial charge in [-0.1, -0.05) is 96.7 Å². The van der Waals surface area contributed by atoms with Crippen LogP contribution in [0, 0.1) is 0 Å². The molecule has 0 saturated carbocycles. The van der Waals surface area contributed by atoms with E-state index >= 15 is 0 Å². The van der Waals surface area contributed by atoms with E-state index in [-0.39, 0.29) is 17.9 Å². The summed E-state index contributed by atoms with van der Waals surface area (Å²) in [5.41, 5.74) is 2.77.